The van der Waals surface area contributed by atoms with E-state index in [1.807, 2.05) is 17.5 Å². The monoisotopic (exact) mass is 418 g/mol. The predicted octanol–water partition coefficient (Wildman–Crippen LogP) is 4.80. The number of esters is 1. The molecule has 1 aliphatic heterocycles. The molecular weight excluding hydrogens is 392 g/mol. The predicted molar refractivity (Wildman–Crippen MR) is 116 cm³/mol. The molecule has 5 nitrogen and oxygen atoms in total. The number of anilines is 1. The van der Waals surface area contributed by atoms with Crippen LogP contribution in [0.3, 0.4) is 0 Å². The SMILES string of the molecule is CCOC(=O)c1c(NC(=O)C=Cc2cccs2)sc2c1CC(C)(C)NC2(C)C. The molecule has 2 N–H and O–H groups in total. The smallest absolute Gasteiger partial charge is 0.341 e. The highest BCUT2D eigenvalue weighted by atomic mass is 32.1. The Morgan fingerprint density at radius 1 is 1.32 bits per heavy atom. The number of rotatable bonds is 5. The molecule has 0 aliphatic carbocycles. The third-order valence-electron chi connectivity index (χ3n) is 4.50. The van der Waals surface area contributed by atoms with Crippen LogP contribution in [0.2, 0.25) is 0 Å². The van der Waals surface area contributed by atoms with E-state index < -0.39 is 0 Å². The molecule has 2 aromatic heterocycles. The van der Waals surface area contributed by atoms with Crippen molar-refractivity contribution in [3.8, 4) is 0 Å². The lowest BCUT2D eigenvalue weighted by molar-refractivity contribution is -0.111. The maximum atomic E-state index is 12.7. The van der Waals surface area contributed by atoms with E-state index in [1.165, 1.54) is 17.4 Å². The molecule has 0 fully saturated rings. The summed E-state index contributed by atoms with van der Waals surface area (Å²) in [5.41, 5.74) is 0.981. The van der Waals surface area contributed by atoms with E-state index in [1.54, 1.807) is 24.3 Å². The number of hydrogen-bond acceptors (Lipinski definition) is 6. The minimum Gasteiger partial charge on any atom is -0.462 e. The lowest BCUT2D eigenvalue weighted by Gasteiger charge is -2.42. The summed E-state index contributed by atoms with van der Waals surface area (Å²) in [6.07, 6.45) is 3.95. The van der Waals surface area contributed by atoms with Crippen molar-refractivity contribution in [2.24, 2.45) is 0 Å². The fourth-order valence-corrected chi connectivity index (χ4v) is 5.62. The number of ether oxygens (including phenoxy) is 1. The van der Waals surface area contributed by atoms with Gasteiger partial charge in [-0.2, -0.15) is 0 Å². The molecular formula is C21H26N2O3S2. The van der Waals surface area contributed by atoms with Gasteiger partial charge in [-0.15, -0.1) is 22.7 Å². The van der Waals surface area contributed by atoms with E-state index in [-0.39, 0.29) is 23.0 Å². The van der Waals surface area contributed by atoms with Gasteiger partial charge in [0.15, 0.2) is 0 Å². The fourth-order valence-electron chi connectivity index (χ4n) is 3.73. The average Bonchev–Trinajstić information content (AvgIpc) is 3.19. The van der Waals surface area contributed by atoms with Crippen LogP contribution in [-0.2, 0) is 21.5 Å². The van der Waals surface area contributed by atoms with Gasteiger partial charge in [-0.05, 0) is 64.1 Å². The maximum absolute atomic E-state index is 12.7. The largest absolute Gasteiger partial charge is 0.462 e. The van der Waals surface area contributed by atoms with Crippen LogP contribution in [0, 0.1) is 0 Å². The first kappa shape index (κ1) is 20.8. The molecule has 0 radical (unpaired) electrons. The second kappa shape index (κ2) is 7.81. The Hall–Kier alpha value is -1.96. The first-order chi connectivity index (χ1) is 13.1. The Balaban J connectivity index is 1.97. The summed E-state index contributed by atoms with van der Waals surface area (Å²) in [6, 6.07) is 3.88. The Morgan fingerprint density at radius 2 is 2.07 bits per heavy atom. The Bertz CT molecular complexity index is 908. The molecule has 2 aromatic rings. The highest BCUT2D eigenvalue weighted by Crippen LogP contribution is 2.45. The first-order valence-electron chi connectivity index (χ1n) is 9.28. The number of thiophene rings is 2. The summed E-state index contributed by atoms with van der Waals surface area (Å²) in [7, 11) is 0. The van der Waals surface area contributed by atoms with Gasteiger partial charge in [-0.25, -0.2) is 4.79 Å². The van der Waals surface area contributed by atoms with E-state index in [0.717, 1.165) is 15.3 Å². The van der Waals surface area contributed by atoms with Gasteiger partial charge in [-0.1, -0.05) is 6.07 Å². The maximum Gasteiger partial charge on any atom is 0.341 e. The van der Waals surface area contributed by atoms with Gasteiger partial charge in [-0.3, -0.25) is 4.79 Å². The van der Waals surface area contributed by atoms with Crippen LogP contribution in [0.5, 0.6) is 0 Å². The van der Waals surface area contributed by atoms with Crippen molar-refractivity contribution in [1.82, 2.24) is 5.32 Å². The standard InChI is InChI=1S/C21H26N2O3S2/c1-6-26-19(25)16-14-12-20(2,3)23-21(4,5)17(14)28-18(16)22-15(24)10-9-13-8-7-11-27-13/h7-11,23H,6,12H2,1-5H3,(H,22,24). The first-order valence-corrected chi connectivity index (χ1v) is 11.0. The highest BCUT2D eigenvalue weighted by Gasteiger charge is 2.42. The van der Waals surface area contributed by atoms with Gasteiger partial charge in [0, 0.05) is 26.9 Å². The zero-order chi connectivity index (χ0) is 20.5. The normalized spacial score (nSPS) is 17.3. The molecule has 1 aliphatic rings. The van der Waals surface area contributed by atoms with Crippen LogP contribution in [-0.4, -0.2) is 24.0 Å². The fraction of sp³-hybridized carbons (Fsp3) is 0.429. The van der Waals surface area contributed by atoms with E-state index in [9.17, 15) is 9.59 Å². The van der Waals surface area contributed by atoms with Crippen molar-refractivity contribution in [3.63, 3.8) is 0 Å². The van der Waals surface area contributed by atoms with Crippen molar-refractivity contribution in [2.75, 3.05) is 11.9 Å². The van der Waals surface area contributed by atoms with Crippen LogP contribution in [0.1, 0.15) is 60.3 Å². The molecule has 0 saturated heterocycles. The van der Waals surface area contributed by atoms with Crippen molar-refractivity contribution in [1.29, 1.82) is 0 Å². The van der Waals surface area contributed by atoms with E-state index >= 15 is 0 Å². The molecule has 3 heterocycles. The van der Waals surface area contributed by atoms with Gasteiger partial charge in [0.05, 0.1) is 12.2 Å². The van der Waals surface area contributed by atoms with Crippen LogP contribution in [0.4, 0.5) is 5.00 Å². The van der Waals surface area contributed by atoms with Crippen LogP contribution in [0.25, 0.3) is 6.08 Å². The molecule has 3 rings (SSSR count). The van der Waals surface area contributed by atoms with Gasteiger partial charge in [0.2, 0.25) is 5.91 Å². The Kier molecular flexibility index (Phi) is 5.79. The molecule has 150 valence electrons. The Morgan fingerprint density at radius 3 is 2.71 bits per heavy atom. The number of hydrogen-bond donors (Lipinski definition) is 2. The van der Waals surface area contributed by atoms with Crippen molar-refractivity contribution in [3.05, 3.63) is 44.5 Å². The summed E-state index contributed by atoms with van der Waals surface area (Å²) in [5, 5.41) is 9.04. The average molecular weight is 419 g/mol. The lowest BCUT2D eigenvalue weighted by atomic mass is 9.81. The molecule has 28 heavy (non-hydrogen) atoms. The molecule has 0 atom stereocenters. The van der Waals surface area contributed by atoms with E-state index in [2.05, 4.69) is 38.3 Å². The summed E-state index contributed by atoms with van der Waals surface area (Å²) >= 11 is 3.01. The highest BCUT2D eigenvalue weighted by molar-refractivity contribution is 7.17. The lowest BCUT2D eigenvalue weighted by Crippen LogP contribution is -2.55. The quantitative estimate of drug-likeness (QED) is 0.541. The number of fused-ring (bicyclic) bond motifs is 1. The molecule has 1 amide bonds. The van der Waals surface area contributed by atoms with Gasteiger partial charge in [0.25, 0.3) is 0 Å². The summed E-state index contributed by atoms with van der Waals surface area (Å²) in [4.78, 5) is 27.3. The third kappa shape index (κ3) is 4.37. The number of nitrogens with one attached hydrogen (secondary N) is 2. The molecule has 0 saturated carbocycles. The minimum absolute atomic E-state index is 0.167. The van der Waals surface area contributed by atoms with Crippen molar-refractivity contribution < 1.29 is 14.3 Å². The molecule has 0 spiro atoms. The minimum atomic E-state index is -0.383. The van der Waals surface area contributed by atoms with Crippen LogP contribution < -0.4 is 10.6 Å². The molecule has 0 unspecified atom stereocenters. The third-order valence-corrected chi connectivity index (χ3v) is 6.81. The molecule has 0 bridgehead atoms. The van der Waals surface area contributed by atoms with Crippen molar-refractivity contribution >= 4 is 45.6 Å². The van der Waals surface area contributed by atoms with Crippen molar-refractivity contribution in [2.45, 2.75) is 52.1 Å². The Labute approximate surface area is 173 Å². The van der Waals surface area contributed by atoms with Crippen LogP contribution >= 0.6 is 22.7 Å². The molecule has 0 aromatic carbocycles. The summed E-state index contributed by atoms with van der Waals surface area (Å²) in [5.74, 6) is -0.645. The number of carbonyl (C=O) groups is 2. The van der Waals surface area contributed by atoms with Crippen LogP contribution in [0.15, 0.2) is 23.6 Å². The summed E-state index contributed by atoms with van der Waals surface area (Å²) in [6.45, 7) is 10.5. The summed E-state index contributed by atoms with van der Waals surface area (Å²) < 4.78 is 5.31. The molecule has 7 heteroatoms. The topological polar surface area (TPSA) is 67.4 Å². The van der Waals surface area contributed by atoms with Gasteiger partial charge < -0.3 is 15.4 Å². The number of carbonyl (C=O) groups excluding carboxylic acids is 2. The van der Waals surface area contributed by atoms with Gasteiger partial charge in [0.1, 0.15) is 5.00 Å². The van der Waals surface area contributed by atoms with Gasteiger partial charge >= 0.3 is 5.97 Å². The number of amides is 1. The zero-order valence-corrected chi connectivity index (χ0v) is 18.5. The zero-order valence-electron chi connectivity index (χ0n) is 16.8. The second-order valence-corrected chi connectivity index (χ2v) is 9.98. The van der Waals surface area contributed by atoms with E-state index in [4.69, 9.17) is 4.74 Å². The second-order valence-electron chi connectivity index (χ2n) is 7.98. The van der Waals surface area contributed by atoms with E-state index in [0.29, 0.717) is 23.6 Å².